The lowest BCUT2D eigenvalue weighted by Gasteiger charge is -2.27. The van der Waals surface area contributed by atoms with Crippen LogP contribution in [0.15, 0.2) is 30.6 Å². The van der Waals surface area contributed by atoms with E-state index in [-0.39, 0.29) is 0 Å². The molecule has 0 aliphatic heterocycles. The van der Waals surface area contributed by atoms with Gasteiger partial charge in [0.25, 0.3) is 0 Å². The van der Waals surface area contributed by atoms with Crippen LogP contribution in [-0.4, -0.2) is 9.55 Å². The van der Waals surface area contributed by atoms with Gasteiger partial charge in [0.15, 0.2) is 0 Å². The zero-order chi connectivity index (χ0) is 12.5. The second-order valence-electron chi connectivity index (χ2n) is 4.91. The van der Waals surface area contributed by atoms with Crippen LogP contribution < -0.4 is 11.1 Å². The number of aryl methyl sites for hydroxylation is 2. The van der Waals surface area contributed by atoms with Crippen molar-refractivity contribution in [2.45, 2.75) is 25.3 Å². The number of anilines is 2. The summed E-state index contributed by atoms with van der Waals surface area (Å²) in [5, 5.41) is 3.52. The summed E-state index contributed by atoms with van der Waals surface area (Å²) in [6.45, 7) is 0. The summed E-state index contributed by atoms with van der Waals surface area (Å²) < 4.78 is 2.01. The number of nitrogens with two attached hydrogens (primary N) is 1. The number of aromatic nitrogens is 2. The topological polar surface area (TPSA) is 55.9 Å². The van der Waals surface area contributed by atoms with Gasteiger partial charge in [-0.05, 0) is 42.5 Å². The molecule has 94 valence electrons. The summed E-state index contributed by atoms with van der Waals surface area (Å²) in [5.41, 5.74) is 9.43. The molecule has 0 saturated heterocycles. The predicted octanol–water partition coefficient (Wildman–Crippen LogP) is 2.49. The summed E-state index contributed by atoms with van der Waals surface area (Å²) in [6.07, 6.45) is 7.23. The van der Waals surface area contributed by atoms with E-state index >= 15 is 0 Å². The Kier molecular flexibility index (Phi) is 2.70. The van der Waals surface area contributed by atoms with E-state index in [4.69, 9.17) is 5.73 Å². The Bertz CT molecular complexity index is 559. The molecule has 1 aliphatic carbocycles. The van der Waals surface area contributed by atoms with E-state index in [1.54, 1.807) is 0 Å². The molecule has 1 heterocycles. The van der Waals surface area contributed by atoms with Gasteiger partial charge in [0.05, 0.1) is 6.04 Å². The first-order valence-corrected chi connectivity index (χ1v) is 6.36. The quantitative estimate of drug-likeness (QED) is 0.795. The summed E-state index contributed by atoms with van der Waals surface area (Å²) >= 11 is 0. The fourth-order valence-corrected chi connectivity index (χ4v) is 2.64. The fraction of sp³-hybridized carbons (Fsp3) is 0.357. The Morgan fingerprint density at radius 1 is 1.44 bits per heavy atom. The maximum Gasteiger partial charge on any atom is 0.202 e. The smallest absolute Gasteiger partial charge is 0.202 e. The molecular formula is C14H18N4. The molecule has 2 aromatic rings. The molecule has 18 heavy (non-hydrogen) atoms. The molecule has 0 saturated carbocycles. The minimum Gasteiger partial charge on any atom is -0.399 e. The average molecular weight is 242 g/mol. The molecule has 1 aromatic carbocycles. The largest absolute Gasteiger partial charge is 0.399 e. The maximum atomic E-state index is 5.85. The van der Waals surface area contributed by atoms with E-state index in [0.717, 1.165) is 24.5 Å². The first-order valence-electron chi connectivity index (χ1n) is 6.36. The van der Waals surface area contributed by atoms with Crippen LogP contribution in [0.3, 0.4) is 0 Å². The van der Waals surface area contributed by atoms with Crippen molar-refractivity contribution in [1.29, 1.82) is 0 Å². The van der Waals surface area contributed by atoms with E-state index in [1.807, 2.05) is 30.1 Å². The highest BCUT2D eigenvalue weighted by Gasteiger charge is 2.20. The predicted molar refractivity (Wildman–Crippen MR) is 73.4 cm³/mol. The van der Waals surface area contributed by atoms with Crippen LogP contribution in [0.2, 0.25) is 0 Å². The van der Waals surface area contributed by atoms with Crippen molar-refractivity contribution >= 4 is 11.6 Å². The van der Waals surface area contributed by atoms with E-state index in [0.29, 0.717) is 6.04 Å². The van der Waals surface area contributed by atoms with Crippen molar-refractivity contribution in [3.63, 3.8) is 0 Å². The van der Waals surface area contributed by atoms with Crippen LogP contribution in [0.4, 0.5) is 11.6 Å². The Hall–Kier alpha value is -1.97. The van der Waals surface area contributed by atoms with Crippen LogP contribution >= 0.6 is 0 Å². The Morgan fingerprint density at radius 3 is 3.11 bits per heavy atom. The molecule has 1 atom stereocenters. The number of imidazole rings is 1. The van der Waals surface area contributed by atoms with Crippen molar-refractivity contribution in [3.05, 3.63) is 41.7 Å². The lowest BCUT2D eigenvalue weighted by Crippen LogP contribution is -2.19. The third-order valence-electron chi connectivity index (χ3n) is 3.61. The van der Waals surface area contributed by atoms with Crippen molar-refractivity contribution < 1.29 is 0 Å². The van der Waals surface area contributed by atoms with Crippen LogP contribution in [-0.2, 0) is 13.5 Å². The van der Waals surface area contributed by atoms with Gasteiger partial charge in [0.1, 0.15) is 0 Å². The van der Waals surface area contributed by atoms with E-state index in [9.17, 15) is 0 Å². The molecule has 0 fully saturated rings. The monoisotopic (exact) mass is 242 g/mol. The van der Waals surface area contributed by atoms with E-state index in [1.165, 1.54) is 17.5 Å². The molecule has 1 unspecified atom stereocenters. The van der Waals surface area contributed by atoms with Crippen molar-refractivity contribution in [3.8, 4) is 0 Å². The number of nitrogens with zero attached hydrogens (tertiary/aromatic N) is 2. The molecular weight excluding hydrogens is 224 g/mol. The highest BCUT2D eigenvalue weighted by atomic mass is 15.2. The van der Waals surface area contributed by atoms with Crippen LogP contribution in [0.1, 0.15) is 30.0 Å². The van der Waals surface area contributed by atoms with Crippen LogP contribution in [0.5, 0.6) is 0 Å². The third kappa shape index (κ3) is 1.94. The highest BCUT2D eigenvalue weighted by molar-refractivity contribution is 5.48. The summed E-state index contributed by atoms with van der Waals surface area (Å²) in [4.78, 5) is 4.33. The van der Waals surface area contributed by atoms with Gasteiger partial charge >= 0.3 is 0 Å². The van der Waals surface area contributed by atoms with Crippen LogP contribution in [0, 0.1) is 0 Å². The zero-order valence-corrected chi connectivity index (χ0v) is 10.6. The highest BCUT2D eigenvalue weighted by Crippen LogP contribution is 2.33. The number of hydrogen-bond acceptors (Lipinski definition) is 3. The Labute approximate surface area is 107 Å². The molecule has 0 bridgehead atoms. The van der Waals surface area contributed by atoms with Crippen molar-refractivity contribution in [2.75, 3.05) is 11.1 Å². The van der Waals surface area contributed by atoms with Gasteiger partial charge in [-0.3, -0.25) is 0 Å². The second kappa shape index (κ2) is 4.37. The van der Waals surface area contributed by atoms with E-state index < -0.39 is 0 Å². The number of nitrogen functional groups attached to an aromatic ring is 1. The minimum absolute atomic E-state index is 0.343. The van der Waals surface area contributed by atoms with Gasteiger partial charge in [-0.2, -0.15) is 0 Å². The lowest BCUT2D eigenvalue weighted by molar-refractivity contribution is 0.594. The summed E-state index contributed by atoms with van der Waals surface area (Å²) in [5.74, 6) is 0.921. The normalized spacial score (nSPS) is 18.4. The van der Waals surface area contributed by atoms with Gasteiger partial charge in [-0.1, -0.05) is 6.07 Å². The number of benzene rings is 1. The fourth-order valence-electron chi connectivity index (χ4n) is 2.64. The van der Waals surface area contributed by atoms with Gasteiger partial charge in [-0.15, -0.1) is 0 Å². The van der Waals surface area contributed by atoms with Gasteiger partial charge in [0.2, 0.25) is 5.95 Å². The molecule has 1 aliphatic rings. The molecule has 0 radical (unpaired) electrons. The molecule has 1 aromatic heterocycles. The number of nitrogens with one attached hydrogen (secondary N) is 1. The molecule has 4 nitrogen and oxygen atoms in total. The molecule has 3 N–H and O–H groups in total. The Balaban J connectivity index is 1.90. The van der Waals surface area contributed by atoms with Crippen molar-refractivity contribution in [2.24, 2.45) is 7.05 Å². The SMILES string of the molecule is Cn1ccnc1NC1CCCc2cc(N)ccc21. The second-order valence-corrected chi connectivity index (χ2v) is 4.91. The third-order valence-corrected chi connectivity index (χ3v) is 3.61. The first kappa shape index (κ1) is 11.1. The summed E-state index contributed by atoms with van der Waals surface area (Å²) in [7, 11) is 2.00. The molecule has 0 amide bonds. The molecule has 3 rings (SSSR count). The summed E-state index contributed by atoms with van der Waals surface area (Å²) in [6, 6.07) is 6.57. The average Bonchev–Trinajstić information content (AvgIpc) is 2.75. The van der Waals surface area contributed by atoms with Gasteiger partial charge in [-0.25, -0.2) is 4.98 Å². The van der Waals surface area contributed by atoms with Gasteiger partial charge in [0, 0.05) is 25.1 Å². The lowest BCUT2D eigenvalue weighted by atomic mass is 9.87. The standard InChI is InChI=1S/C14H18N4/c1-18-8-7-16-14(18)17-13-4-2-3-10-9-11(15)5-6-12(10)13/h5-9,13H,2-4,15H2,1H3,(H,16,17). The first-order chi connectivity index (χ1) is 8.74. The molecule has 4 heteroatoms. The maximum absolute atomic E-state index is 5.85. The number of fused-ring (bicyclic) bond motifs is 1. The van der Waals surface area contributed by atoms with Gasteiger partial charge < -0.3 is 15.6 Å². The van der Waals surface area contributed by atoms with Crippen molar-refractivity contribution in [1.82, 2.24) is 9.55 Å². The van der Waals surface area contributed by atoms with E-state index in [2.05, 4.69) is 22.4 Å². The van der Waals surface area contributed by atoms with Crippen LogP contribution in [0.25, 0.3) is 0 Å². The Morgan fingerprint density at radius 2 is 2.33 bits per heavy atom. The number of hydrogen-bond donors (Lipinski definition) is 2. The number of rotatable bonds is 2. The zero-order valence-electron chi connectivity index (χ0n) is 10.6. The molecule has 0 spiro atoms. The minimum atomic E-state index is 0.343.